The zero-order chi connectivity index (χ0) is 15.6. The summed E-state index contributed by atoms with van der Waals surface area (Å²) in [5.41, 5.74) is 0. The Morgan fingerprint density at radius 3 is 2.33 bits per heavy atom. The van der Waals surface area contributed by atoms with Crippen molar-refractivity contribution in [2.45, 2.75) is 32.1 Å². The molecule has 0 aliphatic carbocycles. The molecule has 0 atom stereocenters. The van der Waals surface area contributed by atoms with Crippen molar-refractivity contribution in [2.24, 2.45) is 0 Å². The number of hydrogen-bond acceptors (Lipinski definition) is 1. The molecule has 2 nitrogen and oxygen atoms in total. The van der Waals surface area contributed by atoms with Gasteiger partial charge >= 0.3 is 5.97 Å². The van der Waals surface area contributed by atoms with Gasteiger partial charge in [0.2, 0.25) is 0 Å². The number of halogens is 1. The lowest BCUT2D eigenvalue weighted by Gasteiger charge is -1.86. The van der Waals surface area contributed by atoms with E-state index in [2.05, 4.69) is 51.5 Å². The van der Waals surface area contributed by atoms with Crippen LogP contribution in [-0.2, 0) is 4.79 Å². The maximum Gasteiger partial charge on any atom is 0.303 e. The zero-order valence-electron chi connectivity index (χ0n) is 11.7. The maximum atomic E-state index is 10.2. The number of carboxylic acids is 1. The van der Waals surface area contributed by atoms with Gasteiger partial charge in [-0.1, -0.05) is 51.8 Å². The first-order valence-electron chi connectivity index (χ1n) is 6.54. The summed E-state index contributed by atoms with van der Waals surface area (Å²) in [5.74, 6) is 15.9. The second kappa shape index (κ2) is 15.9. The molecule has 0 aromatic rings. The van der Waals surface area contributed by atoms with E-state index in [0.29, 0.717) is 12.8 Å². The maximum absolute atomic E-state index is 10.2. The van der Waals surface area contributed by atoms with Gasteiger partial charge in [-0.15, -0.1) is 0 Å². The second-order valence-electron chi connectivity index (χ2n) is 3.78. The Balaban J connectivity index is 3.70. The van der Waals surface area contributed by atoms with E-state index in [1.807, 2.05) is 18.2 Å². The molecule has 0 aromatic heterocycles. The van der Waals surface area contributed by atoms with Gasteiger partial charge in [0.25, 0.3) is 0 Å². The SMILES string of the molecule is O=C(O)CCCC#CC#C/C=C/CC/C=C\C#C/C=C/Br. The van der Waals surface area contributed by atoms with Gasteiger partial charge in [-0.05, 0) is 54.3 Å². The first-order chi connectivity index (χ1) is 10.3. The molecule has 0 amide bonds. The molecular weight excluding hydrogens is 328 g/mol. The number of allylic oxidation sites excluding steroid dienone is 5. The lowest BCUT2D eigenvalue weighted by molar-refractivity contribution is -0.137. The molecule has 0 fully saturated rings. The Kier molecular flexibility index (Phi) is 14.3. The summed E-state index contributed by atoms with van der Waals surface area (Å²) in [5, 5.41) is 8.43. The number of hydrogen-bond donors (Lipinski definition) is 1. The first-order valence-corrected chi connectivity index (χ1v) is 7.45. The van der Waals surface area contributed by atoms with Crippen LogP contribution in [0.2, 0.25) is 0 Å². The topological polar surface area (TPSA) is 37.3 Å². The number of carboxylic acid groups (broad SMARTS) is 1. The number of unbranched alkanes of at least 4 members (excludes halogenated alkanes) is 2. The van der Waals surface area contributed by atoms with E-state index >= 15 is 0 Å². The van der Waals surface area contributed by atoms with E-state index in [-0.39, 0.29) is 6.42 Å². The van der Waals surface area contributed by atoms with Crippen molar-refractivity contribution in [2.75, 3.05) is 0 Å². The monoisotopic (exact) mass is 344 g/mol. The molecule has 3 heteroatoms. The molecule has 0 spiro atoms. The van der Waals surface area contributed by atoms with Crippen LogP contribution in [0.15, 0.2) is 35.4 Å². The van der Waals surface area contributed by atoms with Crippen LogP contribution in [0.25, 0.3) is 0 Å². The lowest BCUT2D eigenvalue weighted by Crippen LogP contribution is -1.92. The predicted octanol–water partition coefficient (Wildman–Crippen LogP) is 4.05. The Bertz CT molecular complexity index is 564. The van der Waals surface area contributed by atoms with Crippen molar-refractivity contribution < 1.29 is 9.90 Å². The first kappa shape index (κ1) is 18.9. The van der Waals surface area contributed by atoms with Crippen LogP contribution in [0.4, 0.5) is 0 Å². The molecule has 0 aliphatic heterocycles. The lowest BCUT2D eigenvalue weighted by atomic mass is 10.2. The fraction of sp³-hybridized carbons (Fsp3) is 0.278. The van der Waals surface area contributed by atoms with Crippen molar-refractivity contribution in [3.63, 3.8) is 0 Å². The highest BCUT2D eigenvalue weighted by Crippen LogP contribution is 1.93. The van der Waals surface area contributed by atoms with Gasteiger partial charge in [0.05, 0.1) is 0 Å². The molecule has 0 bridgehead atoms. The van der Waals surface area contributed by atoms with Gasteiger partial charge in [-0.2, -0.15) is 0 Å². The van der Waals surface area contributed by atoms with Crippen molar-refractivity contribution in [1.82, 2.24) is 0 Å². The highest BCUT2D eigenvalue weighted by atomic mass is 79.9. The van der Waals surface area contributed by atoms with Gasteiger partial charge in [-0.25, -0.2) is 0 Å². The number of rotatable bonds is 6. The van der Waals surface area contributed by atoms with Crippen LogP contribution in [0.5, 0.6) is 0 Å². The fourth-order valence-corrected chi connectivity index (χ4v) is 1.25. The summed E-state index contributed by atoms with van der Waals surface area (Å²) in [4.78, 5) is 12.0. The standard InChI is InChI=1S/C18H17BrO2/c19-17-15-13-11-9-7-5-3-1-2-4-6-8-10-12-14-16-18(20)21/h1-2,7,9,15,17H,3,5,12,14,16H2,(H,20,21)/b2-1+,9-7-,17-15+. The summed E-state index contributed by atoms with van der Waals surface area (Å²) < 4.78 is 0. The van der Waals surface area contributed by atoms with E-state index in [1.54, 1.807) is 17.1 Å². The Labute approximate surface area is 135 Å². The summed E-state index contributed by atoms with van der Waals surface area (Å²) >= 11 is 3.13. The van der Waals surface area contributed by atoms with Crippen LogP contribution in [0, 0.1) is 35.5 Å². The normalized spacial score (nSPS) is 9.76. The zero-order valence-corrected chi connectivity index (χ0v) is 13.3. The average molecular weight is 345 g/mol. The molecule has 108 valence electrons. The molecule has 21 heavy (non-hydrogen) atoms. The van der Waals surface area contributed by atoms with Crippen molar-refractivity contribution in [1.29, 1.82) is 0 Å². The summed E-state index contributed by atoms with van der Waals surface area (Å²) in [7, 11) is 0. The van der Waals surface area contributed by atoms with Crippen molar-refractivity contribution >= 4 is 21.9 Å². The quantitative estimate of drug-likeness (QED) is 0.582. The predicted molar refractivity (Wildman–Crippen MR) is 90.4 cm³/mol. The van der Waals surface area contributed by atoms with Crippen LogP contribution >= 0.6 is 15.9 Å². The second-order valence-corrected chi connectivity index (χ2v) is 4.31. The highest BCUT2D eigenvalue weighted by Gasteiger charge is 1.92. The molecule has 1 N–H and O–H groups in total. The molecule has 0 saturated carbocycles. The van der Waals surface area contributed by atoms with E-state index in [1.165, 1.54) is 0 Å². The van der Waals surface area contributed by atoms with E-state index < -0.39 is 5.97 Å². The Hall–Kier alpha value is -2.15. The summed E-state index contributed by atoms with van der Waals surface area (Å²) in [6, 6.07) is 0. The molecule has 0 heterocycles. The molecule has 0 radical (unpaired) electrons. The van der Waals surface area contributed by atoms with E-state index in [0.717, 1.165) is 12.8 Å². The third-order valence-corrected chi connectivity index (χ3v) is 2.31. The van der Waals surface area contributed by atoms with Crippen LogP contribution < -0.4 is 0 Å². The third-order valence-electron chi connectivity index (χ3n) is 2.05. The van der Waals surface area contributed by atoms with Crippen LogP contribution in [0.1, 0.15) is 32.1 Å². The fourth-order valence-electron chi connectivity index (χ4n) is 1.12. The molecule has 0 rings (SSSR count). The minimum absolute atomic E-state index is 0.159. The van der Waals surface area contributed by atoms with Gasteiger partial charge in [0, 0.05) is 12.8 Å². The largest absolute Gasteiger partial charge is 0.481 e. The minimum Gasteiger partial charge on any atom is -0.481 e. The molecular formula is C18H17BrO2. The van der Waals surface area contributed by atoms with E-state index in [9.17, 15) is 4.79 Å². The van der Waals surface area contributed by atoms with Crippen molar-refractivity contribution in [3.8, 4) is 35.5 Å². The molecule has 0 unspecified atom stereocenters. The van der Waals surface area contributed by atoms with Gasteiger partial charge in [-0.3, -0.25) is 4.79 Å². The van der Waals surface area contributed by atoms with Gasteiger partial charge < -0.3 is 5.11 Å². The van der Waals surface area contributed by atoms with Gasteiger partial charge in [0.1, 0.15) is 0 Å². The Morgan fingerprint density at radius 1 is 1.00 bits per heavy atom. The average Bonchev–Trinajstić information content (AvgIpc) is 2.46. The Morgan fingerprint density at radius 2 is 1.67 bits per heavy atom. The highest BCUT2D eigenvalue weighted by molar-refractivity contribution is 9.11. The summed E-state index contributed by atoms with van der Waals surface area (Å²) in [6.07, 6.45) is 12.5. The van der Waals surface area contributed by atoms with E-state index in [4.69, 9.17) is 5.11 Å². The molecule has 0 aliphatic rings. The third kappa shape index (κ3) is 17.9. The number of carbonyl (C=O) groups is 1. The number of aliphatic carboxylic acids is 1. The molecule has 0 saturated heterocycles. The summed E-state index contributed by atoms with van der Waals surface area (Å²) in [6.45, 7) is 0. The minimum atomic E-state index is -0.787. The van der Waals surface area contributed by atoms with Crippen molar-refractivity contribution in [3.05, 3.63) is 35.4 Å². The van der Waals surface area contributed by atoms with Gasteiger partial charge in [0.15, 0.2) is 0 Å². The smallest absolute Gasteiger partial charge is 0.303 e. The molecule has 0 aromatic carbocycles. The van der Waals surface area contributed by atoms with Crippen LogP contribution in [0.3, 0.4) is 0 Å². The van der Waals surface area contributed by atoms with Crippen LogP contribution in [-0.4, -0.2) is 11.1 Å².